The number of carboxylic acids is 1. The second-order valence-electron chi connectivity index (χ2n) is 10.2. The van der Waals surface area contributed by atoms with E-state index in [0.717, 1.165) is 24.0 Å². The highest BCUT2D eigenvalue weighted by Crippen LogP contribution is 2.44. The Bertz CT molecular complexity index is 1030. The molecule has 3 N–H and O–H groups in total. The lowest BCUT2D eigenvalue weighted by Crippen LogP contribution is -2.44. The smallest absolute Gasteiger partial charge is 0.407 e. The van der Waals surface area contributed by atoms with Gasteiger partial charge in [-0.1, -0.05) is 75.2 Å². The number of rotatable bonds is 10. The first-order chi connectivity index (χ1) is 16.2. The Morgan fingerprint density at radius 3 is 2.18 bits per heavy atom. The lowest BCUT2D eigenvalue weighted by molar-refractivity contribution is -0.142. The molecule has 0 spiro atoms. The van der Waals surface area contributed by atoms with Crippen LogP contribution in [-0.2, 0) is 14.3 Å². The van der Waals surface area contributed by atoms with Crippen molar-refractivity contribution in [1.82, 2.24) is 10.6 Å². The quantitative estimate of drug-likeness (QED) is 0.486. The summed E-state index contributed by atoms with van der Waals surface area (Å²) < 4.78 is 5.56. The van der Waals surface area contributed by atoms with Crippen LogP contribution in [0, 0.1) is 11.3 Å². The predicted octanol–water partition coefficient (Wildman–Crippen LogP) is 4.31. The number of alkyl carbamates (subject to hydrolysis) is 1. The molecule has 0 bridgehead atoms. The van der Waals surface area contributed by atoms with Crippen LogP contribution in [0.1, 0.15) is 56.6 Å². The van der Waals surface area contributed by atoms with Gasteiger partial charge in [-0.05, 0) is 40.0 Å². The number of benzene rings is 2. The summed E-state index contributed by atoms with van der Waals surface area (Å²) in [4.78, 5) is 36.3. The van der Waals surface area contributed by atoms with E-state index >= 15 is 0 Å². The summed E-state index contributed by atoms with van der Waals surface area (Å²) in [5.74, 6) is -0.955. The van der Waals surface area contributed by atoms with Crippen LogP contribution < -0.4 is 10.6 Å². The van der Waals surface area contributed by atoms with Gasteiger partial charge in [0.25, 0.3) is 0 Å². The Kier molecular flexibility index (Phi) is 6.91. The van der Waals surface area contributed by atoms with E-state index in [1.807, 2.05) is 38.1 Å². The van der Waals surface area contributed by atoms with Crippen molar-refractivity contribution in [2.24, 2.45) is 11.3 Å². The highest BCUT2D eigenvalue weighted by atomic mass is 16.5. The molecule has 0 saturated heterocycles. The summed E-state index contributed by atoms with van der Waals surface area (Å²) in [6.45, 7) is 4.17. The first-order valence-electron chi connectivity index (χ1n) is 11.8. The van der Waals surface area contributed by atoms with Gasteiger partial charge in [0.05, 0.1) is 0 Å². The average Bonchev–Trinajstić information content (AvgIpc) is 3.56. The maximum absolute atomic E-state index is 12.4. The fraction of sp³-hybridized carbons (Fsp3) is 0.444. The molecule has 1 saturated carbocycles. The summed E-state index contributed by atoms with van der Waals surface area (Å²) >= 11 is 0. The molecular weight excluding hydrogens is 432 g/mol. The predicted molar refractivity (Wildman–Crippen MR) is 128 cm³/mol. The monoisotopic (exact) mass is 464 g/mol. The summed E-state index contributed by atoms with van der Waals surface area (Å²) in [6.07, 6.45) is 2.09. The van der Waals surface area contributed by atoms with Crippen molar-refractivity contribution in [3.8, 4) is 11.1 Å². The molecule has 0 radical (unpaired) electrons. The van der Waals surface area contributed by atoms with Crippen molar-refractivity contribution in [2.45, 2.75) is 51.5 Å². The summed E-state index contributed by atoms with van der Waals surface area (Å²) in [5.41, 5.74) is 4.07. The number of nitrogens with one attached hydrogen (secondary N) is 2. The van der Waals surface area contributed by atoms with Crippen LogP contribution in [-0.4, -0.2) is 42.3 Å². The number of aliphatic carboxylic acids is 1. The third kappa shape index (κ3) is 5.76. The second-order valence-corrected chi connectivity index (χ2v) is 10.2. The molecule has 0 heterocycles. The number of hydrogen-bond acceptors (Lipinski definition) is 4. The zero-order valence-corrected chi connectivity index (χ0v) is 19.7. The Balaban J connectivity index is 1.26. The van der Waals surface area contributed by atoms with Crippen molar-refractivity contribution < 1.29 is 24.2 Å². The lowest BCUT2D eigenvalue weighted by atomic mass is 9.88. The number of carbonyl (C=O) groups excluding carboxylic acids is 2. The third-order valence-corrected chi connectivity index (χ3v) is 6.59. The molecule has 1 fully saturated rings. The van der Waals surface area contributed by atoms with E-state index in [1.54, 1.807) is 0 Å². The summed E-state index contributed by atoms with van der Waals surface area (Å²) in [6, 6.07) is 15.4. The van der Waals surface area contributed by atoms with E-state index in [2.05, 4.69) is 34.9 Å². The Labute approximate surface area is 199 Å². The average molecular weight is 465 g/mol. The molecule has 1 atom stereocenters. The molecule has 2 aliphatic carbocycles. The zero-order valence-electron chi connectivity index (χ0n) is 19.7. The SMILES string of the molecule is CC(C)(CNC(=O)OCC1c2ccccc2-c2ccccc21)CC(=O)NC(CC1CC1)C(=O)O. The van der Waals surface area contributed by atoms with Gasteiger partial charge in [-0.3, -0.25) is 4.79 Å². The molecule has 0 aliphatic heterocycles. The van der Waals surface area contributed by atoms with Crippen LogP contribution >= 0.6 is 0 Å². The van der Waals surface area contributed by atoms with Crippen molar-refractivity contribution in [2.75, 3.05) is 13.2 Å². The molecule has 2 amide bonds. The molecule has 2 aliphatic rings. The molecule has 4 rings (SSSR count). The minimum atomic E-state index is -1.00. The number of hydrogen-bond donors (Lipinski definition) is 3. The number of carboxylic acid groups (broad SMARTS) is 1. The van der Waals surface area contributed by atoms with E-state index in [-0.39, 0.29) is 31.4 Å². The maximum Gasteiger partial charge on any atom is 0.407 e. The molecule has 180 valence electrons. The highest BCUT2D eigenvalue weighted by Gasteiger charge is 2.32. The highest BCUT2D eigenvalue weighted by molar-refractivity contribution is 5.84. The topological polar surface area (TPSA) is 105 Å². The molecule has 2 aromatic rings. The van der Waals surface area contributed by atoms with Crippen molar-refractivity contribution in [1.29, 1.82) is 0 Å². The molecule has 34 heavy (non-hydrogen) atoms. The lowest BCUT2D eigenvalue weighted by Gasteiger charge is -2.25. The van der Waals surface area contributed by atoms with Gasteiger partial charge in [0.1, 0.15) is 12.6 Å². The van der Waals surface area contributed by atoms with Gasteiger partial charge in [0.15, 0.2) is 0 Å². The first-order valence-corrected chi connectivity index (χ1v) is 11.8. The van der Waals surface area contributed by atoms with Crippen LogP contribution in [0.4, 0.5) is 4.79 Å². The van der Waals surface area contributed by atoms with Gasteiger partial charge >= 0.3 is 12.1 Å². The molecule has 7 nitrogen and oxygen atoms in total. The van der Waals surface area contributed by atoms with E-state index in [4.69, 9.17) is 4.74 Å². The maximum atomic E-state index is 12.4. The van der Waals surface area contributed by atoms with Crippen LogP contribution in [0.25, 0.3) is 11.1 Å². The van der Waals surface area contributed by atoms with Gasteiger partial charge in [-0.15, -0.1) is 0 Å². The fourth-order valence-electron chi connectivity index (χ4n) is 4.61. The largest absolute Gasteiger partial charge is 0.480 e. The van der Waals surface area contributed by atoms with Crippen LogP contribution in [0.2, 0.25) is 0 Å². The minimum Gasteiger partial charge on any atom is -0.480 e. The number of amides is 2. The number of carbonyl (C=O) groups is 3. The van der Waals surface area contributed by atoms with Crippen molar-refractivity contribution in [3.05, 3.63) is 59.7 Å². The third-order valence-electron chi connectivity index (χ3n) is 6.59. The Morgan fingerprint density at radius 2 is 1.62 bits per heavy atom. The molecule has 0 aromatic heterocycles. The molecule has 2 aromatic carbocycles. The van der Waals surface area contributed by atoms with Gasteiger partial charge in [0.2, 0.25) is 5.91 Å². The van der Waals surface area contributed by atoms with E-state index in [9.17, 15) is 19.5 Å². The molecule has 1 unspecified atom stereocenters. The summed E-state index contributed by atoms with van der Waals surface area (Å²) in [7, 11) is 0. The first kappa shape index (κ1) is 23.8. The normalized spacial score (nSPS) is 15.7. The Morgan fingerprint density at radius 1 is 1.03 bits per heavy atom. The van der Waals surface area contributed by atoms with E-state index in [1.165, 1.54) is 11.1 Å². The second kappa shape index (κ2) is 9.87. The minimum absolute atomic E-state index is 0.0173. The van der Waals surface area contributed by atoms with Crippen molar-refractivity contribution in [3.63, 3.8) is 0 Å². The summed E-state index contributed by atoms with van der Waals surface area (Å²) in [5, 5.41) is 14.7. The molecular formula is C27H32N2O5. The number of fused-ring (bicyclic) bond motifs is 3. The van der Waals surface area contributed by atoms with E-state index < -0.39 is 23.5 Å². The van der Waals surface area contributed by atoms with Crippen LogP contribution in [0.3, 0.4) is 0 Å². The zero-order chi connectivity index (χ0) is 24.3. The van der Waals surface area contributed by atoms with Crippen LogP contribution in [0.15, 0.2) is 48.5 Å². The van der Waals surface area contributed by atoms with Gasteiger partial charge in [0, 0.05) is 18.9 Å². The van der Waals surface area contributed by atoms with E-state index in [0.29, 0.717) is 12.3 Å². The van der Waals surface area contributed by atoms with Crippen LogP contribution in [0.5, 0.6) is 0 Å². The van der Waals surface area contributed by atoms with Crippen molar-refractivity contribution >= 4 is 18.0 Å². The van der Waals surface area contributed by atoms with Gasteiger partial charge < -0.3 is 20.5 Å². The molecule has 7 heteroatoms. The standard InChI is InChI=1S/C27H32N2O5/c1-27(2,14-24(30)29-23(25(31)32)13-17-11-12-17)16-28-26(33)34-15-22-20-9-5-3-7-18(20)19-8-4-6-10-21(19)22/h3-10,17,22-23H,11-16H2,1-2H3,(H,28,33)(H,29,30)(H,31,32). The number of ether oxygens (including phenoxy) is 1. The van der Waals surface area contributed by atoms with Gasteiger partial charge in [-0.2, -0.15) is 0 Å². The fourth-order valence-corrected chi connectivity index (χ4v) is 4.61. The van der Waals surface area contributed by atoms with Gasteiger partial charge in [-0.25, -0.2) is 9.59 Å². The Hall–Kier alpha value is -3.35.